The Labute approximate surface area is 234 Å². The van der Waals surface area contributed by atoms with Gasteiger partial charge in [-0.15, -0.1) is 42.0 Å². The number of nitrogens with zero attached hydrogens (tertiary/aromatic N) is 3. The molecule has 0 unspecified atom stereocenters. The van der Waals surface area contributed by atoms with Crippen molar-refractivity contribution in [2.45, 2.75) is 6.92 Å². The van der Waals surface area contributed by atoms with Crippen LogP contribution in [0.4, 0.5) is 11.4 Å². The summed E-state index contributed by atoms with van der Waals surface area (Å²) in [5.74, 6) is 0. The van der Waals surface area contributed by atoms with E-state index in [1.54, 1.807) is 6.20 Å². The van der Waals surface area contributed by atoms with Gasteiger partial charge in [-0.3, -0.25) is 0 Å². The number of hydrogen-bond acceptors (Lipinski definition) is 2. The summed E-state index contributed by atoms with van der Waals surface area (Å²) >= 11 is 0. The number of benzene rings is 4. The van der Waals surface area contributed by atoms with Crippen molar-refractivity contribution in [1.29, 1.82) is 0 Å². The van der Waals surface area contributed by atoms with Crippen LogP contribution in [0, 0.1) is 19.1 Å². The van der Waals surface area contributed by atoms with E-state index in [1.165, 1.54) is 5.56 Å². The average molecular weight is 670 g/mol. The van der Waals surface area contributed by atoms with E-state index in [2.05, 4.69) is 60.4 Å². The van der Waals surface area contributed by atoms with Crippen molar-refractivity contribution in [3.63, 3.8) is 0 Å². The fourth-order valence-corrected chi connectivity index (χ4v) is 4.17. The molecule has 0 atom stereocenters. The topological polar surface area (TPSA) is 32.0 Å². The van der Waals surface area contributed by atoms with Gasteiger partial charge in [0.2, 0.25) is 5.69 Å². The molecule has 6 aromatic rings. The van der Waals surface area contributed by atoms with Crippen molar-refractivity contribution in [1.82, 2.24) is 4.98 Å². The van der Waals surface area contributed by atoms with E-state index in [9.17, 15) is 0 Å². The fraction of sp³-hybridized carbons (Fsp3) is 0.0303. The first-order valence-corrected chi connectivity index (χ1v) is 12.1. The van der Waals surface area contributed by atoms with E-state index in [-0.39, 0.29) is 20.1 Å². The third-order valence-electron chi connectivity index (χ3n) is 6.10. The molecular formula is C33H23IrN3O. The number of aromatic nitrogens is 1. The second kappa shape index (κ2) is 11.3. The third kappa shape index (κ3) is 5.32. The SMILES string of the molecule is Cc1ccc([N+]2=C=[N+](c3[c-]cc4c(c3)oc3ccccc34)C=C2)cc1.[Ir].[c-]1ccccc1-c1ccccn1. The molecule has 1 aliphatic rings. The van der Waals surface area contributed by atoms with Crippen molar-refractivity contribution >= 4 is 39.3 Å². The Balaban J connectivity index is 0.000000191. The van der Waals surface area contributed by atoms with E-state index in [1.807, 2.05) is 94.3 Å². The standard InChI is InChI=1S/C22H15N2O.C11H8N.Ir/c1-16-6-8-17(9-7-16)23-12-13-24(15-23)18-10-11-20-19-4-2-3-5-21(19)25-22(20)14-18;1-2-6-10(7-3-1)11-8-4-5-9-12-11;/h2-9,11-14H,1H3;1-6,8-9H;/q+1;-1;. The van der Waals surface area contributed by atoms with Gasteiger partial charge >= 0.3 is 6.01 Å². The molecule has 7 rings (SSSR count). The van der Waals surface area contributed by atoms with Crippen LogP contribution in [0.15, 0.2) is 126 Å². The molecule has 0 aliphatic carbocycles. The summed E-state index contributed by atoms with van der Waals surface area (Å²) < 4.78 is 9.86. The zero-order chi connectivity index (χ0) is 25.0. The zero-order valence-electron chi connectivity index (χ0n) is 20.6. The first-order chi connectivity index (χ1) is 18.2. The minimum absolute atomic E-state index is 0. The van der Waals surface area contributed by atoms with Gasteiger partial charge in [-0.05, 0) is 30.1 Å². The Kier molecular flexibility index (Phi) is 7.53. The number of pyridine rings is 1. The number of hydrogen-bond donors (Lipinski definition) is 0. The van der Waals surface area contributed by atoms with Crippen LogP contribution >= 0.6 is 0 Å². The Morgan fingerprint density at radius 3 is 2.34 bits per heavy atom. The summed E-state index contributed by atoms with van der Waals surface area (Å²) in [4.78, 5) is 4.22. The molecule has 0 amide bonds. The van der Waals surface area contributed by atoms with Gasteiger partial charge in [0.05, 0.1) is 0 Å². The minimum Gasteiger partial charge on any atom is -0.483 e. The number of furan rings is 1. The van der Waals surface area contributed by atoms with Gasteiger partial charge in [-0.2, -0.15) is 6.07 Å². The van der Waals surface area contributed by atoms with Crippen molar-refractivity contribution in [2.75, 3.05) is 0 Å². The smallest absolute Gasteiger partial charge is 0.483 e. The molecule has 3 heterocycles. The molecule has 1 aliphatic heterocycles. The second-order valence-electron chi connectivity index (χ2n) is 8.66. The molecule has 185 valence electrons. The summed E-state index contributed by atoms with van der Waals surface area (Å²) in [6, 6.07) is 43.9. The molecular weight excluding hydrogens is 647 g/mol. The monoisotopic (exact) mass is 670 g/mol. The largest absolute Gasteiger partial charge is 0.499 e. The van der Waals surface area contributed by atoms with Gasteiger partial charge in [0, 0.05) is 44.0 Å². The van der Waals surface area contributed by atoms with Crippen LogP contribution in [-0.4, -0.2) is 20.1 Å². The summed E-state index contributed by atoms with van der Waals surface area (Å²) in [6.45, 7) is 2.08. The maximum atomic E-state index is 5.97. The van der Waals surface area contributed by atoms with Gasteiger partial charge < -0.3 is 9.40 Å². The maximum absolute atomic E-state index is 5.97. The van der Waals surface area contributed by atoms with Crippen LogP contribution in [-0.2, 0) is 20.1 Å². The summed E-state index contributed by atoms with van der Waals surface area (Å²) in [5, 5.41) is 2.20. The predicted molar refractivity (Wildman–Crippen MR) is 146 cm³/mol. The fourth-order valence-electron chi connectivity index (χ4n) is 4.17. The maximum Gasteiger partial charge on any atom is 0.499 e. The first-order valence-electron chi connectivity index (χ1n) is 12.1. The van der Waals surface area contributed by atoms with E-state index in [0.717, 1.165) is 44.6 Å². The Bertz CT molecular complexity index is 1760. The Morgan fingerprint density at radius 2 is 1.55 bits per heavy atom. The molecule has 38 heavy (non-hydrogen) atoms. The first kappa shape index (κ1) is 25.3. The summed E-state index contributed by atoms with van der Waals surface area (Å²) in [6.07, 6.45) is 5.75. The number of aryl methyl sites for hydroxylation is 1. The van der Waals surface area contributed by atoms with E-state index in [0.29, 0.717) is 0 Å². The van der Waals surface area contributed by atoms with Crippen LogP contribution in [0.5, 0.6) is 0 Å². The molecule has 2 aromatic heterocycles. The van der Waals surface area contributed by atoms with E-state index >= 15 is 0 Å². The quantitative estimate of drug-likeness (QED) is 0.142. The molecule has 5 heteroatoms. The molecule has 0 N–H and O–H groups in total. The molecule has 1 radical (unpaired) electrons. The van der Waals surface area contributed by atoms with Crippen LogP contribution in [0.3, 0.4) is 0 Å². The van der Waals surface area contributed by atoms with Gasteiger partial charge in [-0.25, -0.2) is 0 Å². The van der Waals surface area contributed by atoms with Crippen LogP contribution in [0.1, 0.15) is 5.56 Å². The minimum atomic E-state index is 0. The summed E-state index contributed by atoms with van der Waals surface area (Å²) in [7, 11) is 0. The van der Waals surface area contributed by atoms with Crippen molar-refractivity contribution in [3.8, 4) is 11.3 Å². The third-order valence-corrected chi connectivity index (χ3v) is 6.10. The van der Waals surface area contributed by atoms with Crippen molar-refractivity contribution in [2.24, 2.45) is 0 Å². The van der Waals surface area contributed by atoms with E-state index in [4.69, 9.17) is 4.42 Å². The van der Waals surface area contributed by atoms with Crippen LogP contribution < -0.4 is 0 Å². The second-order valence-corrected chi connectivity index (χ2v) is 8.66. The van der Waals surface area contributed by atoms with Gasteiger partial charge in [-0.1, -0.05) is 68.6 Å². The van der Waals surface area contributed by atoms with Gasteiger partial charge in [0.1, 0.15) is 11.3 Å². The van der Waals surface area contributed by atoms with Crippen molar-refractivity contribution in [3.05, 3.63) is 139 Å². The molecule has 4 aromatic carbocycles. The summed E-state index contributed by atoms with van der Waals surface area (Å²) in [5.41, 5.74) is 6.99. The van der Waals surface area contributed by atoms with Crippen molar-refractivity contribution < 1.29 is 33.7 Å². The normalized spacial score (nSPS) is 11.9. The van der Waals surface area contributed by atoms with E-state index < -0.39 is 0 Å². The molecule has 0 spiro atoms. The van der Waals surface area contributed by atoms with Crippen LogP contribution in [0.2, 0.25) is 0 Å². The molecule has 0 bridgehead atoms. The molecule has 0 fully saturated rings. The number of rotatable bonds is 3. The average Bonchev–Trinajstić information content (AvgIpc) is 3.60. The van der Waals surface area contributed by atoms with Crippen LogP contribution in [0.25, 0.3) is 33.2 Å². The van der Waals surface area contributed by atoms with Gasteiger partial charge in [0.15, 0.2) is 0 Å². The number of para-hydroxylation sites is 1. The zero-order valence-corrected chi connectivity index (χ0v) is 23.0. The predicted octanol–water partition coefficient (Wildman–Crippen LogP) is 7.89. The molecule has 0 saturated heterocycles. The Hall–Kier alpha value is -4.40. The Morgan fingerprint density at radius 1 is 0.763 bits per heavy atom. The molecule has 4 nitrogen and oxygen atoms in total. The number of fused-ring (bicyclic) bond motifs is 3. The molecule has 0 saturated carbocycles. The van der Waals surface area contributed by atoms with Gasteiger partial charge in [0.25, 0.3) is 12.4 Å².